The molecule has 0 saturated carbocycles. The molecule has 1 aromatic heterocycles. The zero-order valence-corrected chi connectivity index (χ0v) is 37.1. The number of hydrogen-bond donors (Lipinski definition) is 1. The van der Waals surface area contributed by atoms with Crippen LogP contribution in [0.15, 0.2) is 54.6 Å². The van der Waals surface area contributed by atoms with Crippen LogP contribution in [-0.2, 0) is 42.3 Å². The van der Waals surface area contributed by atoms with Gasteiger partial charge in [-0.2, -0.15) is 5.26 Å². The Kier molecular flexibility index (Phi) is 14.1. The average molecular weight is 881 g/mol. The molecule has 3 aromatic rings. The van der Waals surface area contributed by atoms with E-state index in [9.17, 15) is 33.8 Å². The summed E-state index contributed by atoms with van der Waals surface area (Å²) >= 11 is 1.12. The van der Waals surface area contributed by atoms with Gasteiger partial charge < -0.3 is 24.6 Å². The van der Waals surface area contributed by atoms with E-state index >= 15 is 4.39 Å². The number of hydrogen-bond acceptors (Lipinski definition) is 12. The fourth-order valence-electron chi connectivity index (χ4n) is 7.91. The Balaban J connectivity index is 1.16. The van der Waals surface area contributed by atoms with Crippen molar-refractivity contribution in [2.24, 2.45) is 16.7 Å². The first-order chi connectivity index (χ1) is 28.8. The molecule has 17 heteroatoms. The highest BCUT2D eigenvalue weighted by Crippen LogP contribution is 2.62. The molecular weight excluding hydrogens is 827 g/mol. The Hall–Kier alpha value is -4.68. The van der Waals surface area contributed by atoms with Crippen molar-refractivity contribution in [1.29, 1.82) is 5.26 Å². The Morgan fingerprint density at radius 2 is 1.54 bits per heavy atom. The molecule has 1 unspecified atom stereocenters. The maximum atomic E-state index is 16.3. The van der Waals surface area contributed by atoms with Crippen LogP contribution in [0.4, 0.5) is 4.39 Å². The predicted octanol–water partition coefficient (Wildman–Crippen LogP) is 7.99. The van der Waals surface area contributed by atoms with Crippen LogP contribution < -0.4 is 5.32 Å². The highest BCUT2D eigenvalue weighted by atomic mass is 32.1. The number of halogens is 1. The van der Waals surface area contributed by atoms with Gasteiger partial charge in [0.05, 0.1) is 27.7 Å². The van der Waals surface area contributed by atoms with Gasteiger partial charge in [-0.3, -0.25) is 37.6 Å². The molecule has 61 heavy (non-hydrogen) atoms. The molecular formula is C44H54FN4O10PS. The van der Waals surface area contributed by atoms with Gasteiger partial charge in [0.25, 0.3) is 5.91 Å². The highest BCUT2D eigenvalue weighted by molar-refractivity contribution is 7.54. The maximum absolute atomic E-state index is 16.3. The van der Waals surface area contributed by atoms with Crippen LogP contribution in [0.5, 0.6) is 0 Å². The van der Waals surface area contributed by atoms with Gasteiger partial charge >= 0.3 is 19.5 Å². The molecule has 0 spiro atoms. The number of nitrogens with zero attached hydrogens (tertiary/aromatic N) is 3. The van der Waals surface area contributed by atoms with Crippen molar-refractivity contribution in [2.45, 2.75) is 110 Å². The summed E-state index contributed by atoms with van der Waals surface area (Å²) in [6, 6.07) is 16.2. The lowest BCUT2D eigenvalue weighted by atomic mass is 9.90. The number of nitrogens with one attached hydrogen (secondary N) is 1. The molecule has 6 atom stereocenters. The number of nitriles is 1. The van der Waals surface area contributed by atoms with E-state index < -0.39 is 67.9 Å². The van der Waals surface area contributed by atoms with Gasteiger partial charge in [-0.1, -0.05) is 49.2 Å². The third kappa shape index (κ3) is 10.5. The minimum absolute atomic E-state index is 0.128. The van der Waals surface area contributed by atoms with Crippen LogP contribution in [-0.4, -0.2) is 84.3 Å². The molecule has 14 nitrogen and oxygen atoms in total. The fraction of sp³-hybridized carbons (Fsp3) is 0.545. The number of ether oxygens (including phenoxy) is 2. The summed E-state index contributed by atoms with van der Waals surface area (Å²) in [7, 11) is -4.81. The van der Waals surface area contributed by atoms with Crippen molar-refractivity contribution in [3.63, 3.8) is 0 Å². The molecule has 4 heterocycles. The van der Waals surface area contributed by atoms with E-state index in [0.717, 1.165) is 29.7 Å². The van der Waals surface area contributed by atoms with Crippen LogP contribution in [0, 0.1) is 28.1 Å². The smallest absolute Gasteiger partial charge is 0.374 e. The van der Waals surface area contributed by atoms with Crippen molar-refractivity contribution < 1.29 is 51.4 Å². The normalized spacial score (nSPS) is 22.8. The largest absolute Gasteiger partial charge is 0.438 e. The molecule has 328 valence electrons. The van der Waals surface area contributed by atoms with Crippen LogP contribution >= 0.6 is 18.9 Å². The van der Waals surface area contributed by atoms with E-state index in [4.69, 9.17) is 18.5 Å². The number of benzene rings is 2. The Labute approximate surface area is 359 Å². The molecule has 6 rings (SSSR count). The number of carbonyl (C=O) groups excluding carboxylic acids is 5. The monoisotopic (exact) mass is 880 g/mol. The van der Waals surface area contributed by atoms with Gasteiger partial charge in [-0.15, -0.1) is 11.3 Å². The summed E-state index contributed by atoms with van der Waals surface area (Å²) in [5.41, 5.74) is -0.990. The minimum atomic E-state index is -4.81. The average Bonchev–Trinajstić information content (AvgIpc) is 3.97. The number of esters is 2. The van der Waals surface area contributed by atoms with Gasteiger partial charge in [0, 0.05) is 29.7 Å². The molecule has 2 aromatic carbocycles. The van der Waals surface area contributed by atoms with Crippen molar-refractivity contribution in [3.05, 3.63) is 70.6 Å². The second kappa shape index (κ2) is 18.7. The predicted molar refractivity (Wildman–Crippen MR) is 225 cm³/mol. The molecule has 3 saturated heterocycles. The first kappa shape index (κ1) is 45.8. The van der Waals surface area contributed by atoms with Crippen molar-refractivity contribution in [2.75, 3.05) is 26.7 Å². The number of thiophene rings is 1. The number of likely N-dealkylation sites (tertiary alicyclic amines) is 1. The van der Waals surface area contributed by atoms with Crippen LogP contribution in [0.1, 0.15) is 113 Å². The van der Waals surface area contributed by atoms with E-state index in [1.54, 1.807) is 57.4 Å². The SMILES string of the molecule is CC(C)(C)C(=O)OCOP(=O)(OCOC(=O)C(C)(C)C)[C@@H](F)c1ccc2sc(C(=O)N[C@H]3CCCCC4CC[C@@H](C(=O)N5C[C@@H](C#N)[C@H](c6ccccc6)C5)N4C3=O)cc2c1. The lowest BCUT2D eigenvalue weighted by Gasteiger charge is -2.36. The molecule has 3 amide bonds. The number of rotatable bonds is 12. The number of alkyl halides is 1. The first-order valence-corrected chi connectivity index (χ1v) is 23.0. The minimum Gasteiger partial charge on any atom is -0.438 e. The number of fused-ring (bicyclic) bond motifs is 2. The standard InChI is InChI=1S/C44H54FN4O10PS/c1-43(2,3)41(53)56-25-58-60(55,59-26-57-42(54)44(4,5)6)37(45)28-16-19-35-29(20-28)21-36(61-35)38(50)47-33-15-11-10-14-31-17-18-34(49(31)39(33)51)40(52)48-23-30(22-46)32(24-48)27-12-8-7-9-13-27/h7-9,12-13,16,19-21,30-34,37H,10-11,14-15,17-18,23-26H2,1-6H3,(H,47,50)/t30-,31?,32+,33+,34+,37-/m1/s1. The third-order valence-electron chi connectivity index (χ3n) is 11.3. The van der Waals surface area contributed by atoms with Crippen LogP contribution in [0.25, 0.3) is 10.1 Å². The van der Waals surface area contributed by atoms with E-state index in [1.165, 1.54) is 18.2 Å². The van der Waals surface area contributed by atoms with Gasteiger partial charge in [0.15, 0.2) is 0 Å². The van der Waals surface area contributed by atoms with Crippen molar-refractivity contribution >= 4 is 58.7 Å². The fourth-order valence-corrected chi connectivity index (χ4v) is 10.1. The highest BCUT2D eigenvalue weighted by Gasteiger charge is 2.47. The summed E-state index contributed by atoms with van der Waals surface area (Å²) in [6.45, 7) is 8.47. The second-order valence-electron chi connectivity index (χ2n) is 17.9. The molecule has 0 bridgehead atoms. The third-order valence-corrected chi connectivity index (χ3v) is 14.2. The second-order valence-corrected chi connectivity index (χ2v) is 21.1. The lowest BCUT2D eigenvalue weighted by Crippen LogP contribution is -2.56. The topological polar surface area (TPSA) is 182 Å². The van der Waals surface area contributed by atoms with Crippen molar-refractivity contribution in [3.8, 4) is 6.07 Å². The summed E-state index contributed by atoms with van der Waals surface area (Å²) in [6.07, 6.45) is 3.84. The summed E-state index contributed by atoms with van der Waals surface area (Å²) in [5, 5.41) is 13.3. The molecule has 3 aliphatic rings. The van der Waals surface area contributed by atoms with Crippen LogP contribution in [0.2, 0.25) is 0 Å². The summed E-state index contributed by atoms with van der Waals surface area (Å²) in [4.78, 5) is 70.6. The van der Waals surface area contributed by atoms with E-state index in [0.29, 0.717) is 42.3 Å². The van der Waals surface area contributed by atoms with Gasteiger partial charge in [0.1, 0.15) is 12.1 Å². The zero-order valence-electron chi connectivity index (χ0n) is 35.4. The summed E-state index contributed by atoms with van der Waals surface area (Å²) in [5.74, 6) is -5.30. The number of amides is 3. The Morgan fingerprint density at radius 3 is 2.16 bits per heavy atom. The molecule has 0 aliphatic carbocycles. The molecule has 3 aliphatic heterocycles. The maximum Gasteiger partial charge on any atom is 0.374 e. The molecule has 3 fully saturated rings. The molecule has 0 radical (unpaired) electrons. The Bertz CT molecular complexity index is 2180. The Morgan fingerprint density at radius 1 is 0.902 bits per heavy atom. The van der Waals surface area contributed by atoms with Gasteiger partial charge in [0.2, 0.25) is 31.3 Å². The first-order valence-electron chi connectivity index (χ1n) is 20.6. The molecule has 1 N–H and O–H groups in total. The summed E-state index contributed by atoms with van der Waals surface area (Å²) < 4.78 is 51.4. The van der Waals surface area contributed by atoms with Crippen molar-refractivity contribution in [1.82, 2.24) is 15.1 Å². The van der Waals surface area contributed by atoms with Gasteiger partial charge in [-0.05, 0) is 102 Å². The van der Waals surface area contributed by atoms with E-state index in [2.05, 4.69) is 11.4 Å². The van der Waals surface area contributed by atoms with Crippen LogP contribution in [0.3, 0.4) is 0 Å². The zero-order chi connectivity index (χ0) is 44.3. The number of carbonyl (C=O) groups is 5. The van der Waals surface area contributed by atoms with Gasteiger partial charge in [-0.25, -0.2) is 4.39 Å². The van der Waals surface area contributed by atoms with E-state index in [1.807, 2.05) is 30.3 Å². The van der Waals surface area contributed by atoms with E-state index in [-0.39, 0.29) is 46.7 Å². The lowest BCUT2D eigenvalue weighted by molar-refractivity contribution is -0.162. The quantitative estimate of drug-likeness (QED) is 0.106.